The van der Waals surface area contributed by atoms with Crippen molar-refractivity contribution in [3.63, 3.8) is 0 Å². The molecule has 0 aliphatic heterocycles. The zero-order valence-electron chi connectivity index (χ0n) is 16.3. The summed E-state index contributed by atoms with van der Waals surface area (Å²) < 4.78 is 15.2. The highest BCUT2D eigenvalue weighted by atomic mass is 32.1. The number of rotatable bonds is 7. The smallest absolute Gasteiger partial charge is 0.262 e. The summed E-state index contributed by atoms with van der Waals surface area (Å²) in [6, 6.07) is 13.3. The SMILES string of the molecule is CN(C)[C@@H](CNC(=O)CCn1c(=S)[nH]c2ccccc2c1=O)c1cccc(F)c1. The highest BCUT2D eigenvalue weighted by molar-refractivity contribution is 7.71. The number of benzene rings is 2. The molecule has 2 N–H and O–H groups in total. The Morgan fingerprint density at radius 2 is 2.00 bits per heavy atom. The standard InChI is InChI=1S/C21H23FN4O2S/c1-25(2)18(14-6-5-7-15(22)12-14)13-23-19(27)10-11-26-20(28)16-8-3-4-9-17(16)24-21(26)29/h3-9,12,18H,10-11,13H2,1-2H3,(H,23,27)(H,24,29)/t18-/m0/s1. The van der Waals surface area contributed by atoms with Crippen LogP contribution in [0.4, 0.5) is 4.39 Å². The van der Waals surface area contributed by atoms with Gasteiger partial charge in [0.05, 0.1) is 16.9 Å². The van der Waals surface area contributed by atoms with Gasteiger partial charge in [-0.3, -0.25) is 14.2 Å². The van der Waals surface area contributed by atoms with Gasteiger partial charge in [0.25, 0.3) is 5.56 Å². The zero-order valence-corrected chi connectivity index (χ0v) is 17.1. The summed E-state index contributed by atoms with van der Waals surface area (Å²) in [4.78, 5) is 29.9. The molecule has 0 fully saturated rings. The van der Waals surface area contributed by atoms with Crippen LogP contribution in [0.2, 0.25) is 0 Å². The average Bonchev–Trinajstić information content (AvgIpc) is 2.68. The van der Waals surface area contributed by atoms with Crippen molar-refractivity contribution in [2.75, 3.05) is 20.6 Å². The van der Waals surface area contributed by atoms with Gasteiger partial charge >= 0.3 is 0 Å². The van der Waals surface area contributed by atoms with Crippen molar-refractivity contribution in [3.8, 4) is 0 Å². The van der Waals surface area contributed by atoms with E-state index in [4.69, 9.17) is 12.2 Å². The van der Waals surface area contributed by atoms with E-state index in [9.17, 15) is 14.0 Å². The van der Waals surface area contributed by atoms with Crippen LogP contribution in [0.15, 0.2) is 53.3 Å². The Kier molecular flexibility index (Phi) is 6.56. The van der Waals surface area contributed by atoms with Crippen LogP contribution >= 0.6 is 12.2 Å². The van der Waals surface area contributed by atoms with Gasteiger partial charge in [-0.05, 0) is 56.1 Å². The summed E-state index contributed by atoms with van der Waals surface area (Å²) in [7, 11) is 3.74. The van der Waals surface area contributed by atoms with Crippen molar-refractivity contribution >= 4 is 29.0 Å². The maximum Gasteiger partial charge on any atom is 0.262 e. The van der Waals surface area contributed by atoms with Crippen LogP contribution < -0.4 is 10.9 Å². The number of H-pyrrole nitrogens is 1. The number of amides is 1. The fourth-order valence-electron chi connectivity index (χ4n) is 3.23. The van der Waals surface area contributed by atoms with Crippen LogP contribution in [0.3, 0.4) is 0 Å². The molecule has 3 aromatic rings. The number of aromatic amines is 1. The number of fused-ring (bicyclic) bond motifs is 1. The maximum absolute atomic E-state index is 13.5. The number of halogens is 1. The van der Waals surface area contributed by atoms with Gasteiger partial charge in [0.1, 0.15) is 5.82 Å². The average molecular weight is 415 g/mol. The van der Waals surface area contributed by atoms with Crippen LogP contribution in [0.25, 0.3) is 10.9 Å². The van der Waals surface area contributed by atoms with Crippen LogP contribution in [-0.4, -0.2) is 41.0 Å². The number of nitrogens with zero attached hydrogens (tertiary/aromatic N) is 2. The van der Waals surface area contributed by atoms with E-state index >= 15 is 0 Å². The Labute approximate surface area is 173 Å². The third-order valence-electron chi connectivity index (χ3n) is 4.80. The van der Waals surface area contributed by atoms with Crippen LogP contribution in [0, 0.1) is 10.6 Å². The lowest BCUT2D eigenvalue weighted by molar-refractivity contribution is -0.121. The molecular formula is C21H23FN4O2S. The van der Waals surface area contributed by atoms with E-state index in [1.165, 1.54) is 16.7 Å². The molecule has 0 spiro atoms. The molecule has 0 bridgehead atoms. The lowest BCUT2D eigenvalue weighted by Crippen LogP contribution is -2.35. The van der Waals surface area contributed by atoms with E-state index in [1.807, 2.05) is 31.1 Å². The molecule has 8 heteroatoms. The Bertz CT molecular complexity index is 1140. The molecule has 0 saturated carbocycles. The van der Waals surface area contributed by atoms with Gasteiger partial charge in [-0.1, -0.05) is 24.3 Å². The largest absolute Gasteiger partial charge is 0.354 e. The first-order valence-corrected chi connectivity index (χ1v) is 9.68. The van der Waals surface area contributed by atoms with E-state index in [-0.39, 0.29) is 41.1 Å². The minimum atomic E-state index is -0.314. The normalized spacial score (nSPS) is 12.3. The van der Waals surface area contributed by atoms with Gasteiger partial charge in [0.15, 0.2) is 4.77 Å². The predicted octanol–water partition coefficient (Wildman–Crippen LogP) is 3.01. The monoisotopic (exact) mass is 414 g/mol. The molecule has 3 rings (SSSR count). The summed E-state index contributed by atoms with van der Waals surface area (Å²) in [6.45, 7) is 0.506. The van der Waals surface area contributed by atoms with Gasteiger partial charge in [-0.15, -0.1) is 0 Å². The first-order valence-electron chi connectivity index (χ1n) is 9.27. The molecule has 1 heterocycles. The fourth-order valence-corrected chi connectivity index (χ4v) is 3.51. The highest BCUT2D eigenvalue weighted by Crippen LogP contribution is 2.18. The summed E-state index contributed by atoms with van der Waals surface area (Å²) in [5.74, 6) is -0.520. The lowest BCUT2D eigenvalue weighted by Gasteiger charge is -2.25. The number of carbonyl (C=O) groups is 1. The topological polar surface area (TPSA) is 70.1 Å². The van der Waals surface area contributed by atoms with E-state index in [0.717, 1.165) is 5.56 Å². The summed E-state index contributed by atoms with van der Waals surface area (Å²) >= 11 is 5.27. The molecule has 2 aromatic carbocycles. The third kappa shape index (κ3) is 4.96. The highest BCUT2D eigenvalue weighted by Gasteiger charge is 2.16. The van der Waals surface area contributed by atoms with Gasteiger partial charge in [-0.2, -0.15) is 0 Å². The number of carbonyl (C=O) groups excluding carboxylic acids is 1. The Morgan fingerprint density at radius 3 is 2.72 bits per heavy atom. The van der Waals surface area contributed by atoms with Crippen molar-refractivity contribution in [3.05, 3.63) is 75.0 Å². The minimum absolute atomic E-state index is 0.110. The van der Waals surface area contributed by atoms with Crippen molar-refractivity contribution in [2.24, 2.45) is 0 Å². The number of nitrogens with one attached hydrogen (secondary N) is 2. The second kappa shape index (κ2) is 9.11. The Morgan fingerprint density at radius 1 is 1.24 bits per heavy atom. The van der Waals surface area contributed by atoms with Crippen molar-refractivity contribution in [1.82, 2.24) is 19.8 Å². The number of hydrogen-bond acceptors (Lipinski definition) is 4. The van der Waals surface area contributed by atoms with Crippen LogP contribution in [-0.2, 0) is 11.3 Å². The summed E-state index contributed by atoms with van der Waals surface area (Å²) in [6.07, 6.45) is 0.110. The van der Waals surface area contributed by atoms with Gasteiger partial charge in [0, 0.05) is 19.5 Å². The number of hydrogen-bond donors (Lipinski definition) is 2. The van der Waals surface area contributed by atoms with Crippen molar-refractivity contribution in [1.29, 1.82) is 0 Å². The van der Waals surface area contributed by atoms with E-state index < -0.39 is 0 Å². The number of para-hydroxylation sites is 1. The van der Waals surface area contributed by atoms with E-state index in [2.05, 4.69) is 10.3 Å². The van der Waals surface area contributed by atoms with Gasteiger partial charge in [-0.25, -0.2) is 4.39 Å². The molecule has 0 aliphatic carbocycles. The van der Waals surface area contributed by atoms with Crippen molar-refractivity contribution < 1.29 is 9.18 Å². The second-order valence-corrected chi connectivity index (χ2v) is 7.41. The second-order valence-electron chi connectivity index (χ2n) is 7.02. The van der Waals surface area contributed by atoms with Gasteiger partial charge < -0.3 is 15.2 Å². The number of aromatic nitrogens is 2. The molecular weight excluding hydrogens is 391 g/mol. The third-order valence-corrected chi connectivity index (χ3v) is 5.12. The first kappa shape index (κ1) is 20.9. The predicted molar refractivity (Wildman–Crippen MR) is 114 cm³/mol. The molecule has 0 radical (unpaired) electrons. The first-order chi connectivity index (χ1) is 13.9. The molecule has 0 aliphatic rings. The molecule has 29 heavy (non-hydrogen) atoms. The molecule has 1 amide bonds. The molecule has 0 unspecified atom stereocenters. The summed E-state index contributed by atoms with van der Waals surface area (Å²) in [5.41, 5.74) is 1.23. The molecule has 6 nitrogen and oxygen atoms in total. The lowest BCUT2D eigenvalue weighted by atomic mass is 10.1. The Balaban J connectivity index is 1.66. The molecule has 1 aromatic heterocycles. The summed E-state index contributed by atoms with van der Waals surface area (Å²) in [5, 5.41) is 3.39. The fraction of sp³-hybridized carbons (Fsp3) is 0.286. The molecule has 1 atom stereocenters. The van der Waals surface area contributed by atoms with E-state index in [0.29, 0.717) is 17.4 Å². The minimum Gasteiger partial charge on any atom is -0.354 e. The van der Waals surface area contributed by atoms with Crippen LogP contribution in [0.5, 0.6) is 0 Å². The Hall–Kier alpha value is -2.84. The quantitative estimate of drug-likeness (QED) is 0.583. The van der Waals surface area contributed by atoms with Crippen LogP contribution in [0.1, 0.15) is 18.0 Å². The zero-order chi connectivity index (χ0) is 21.0. The van der Waals surface area contributed by atoms with Crippen molar-refractivity contribution in [2.45, 2.75) is 19.0 Å². The molecule has 0 saturated heterocycles. The molecule has 152 valence electrons. The maximum atomic E-state index is 13.5. The van der Waals surface area contributed by atoms with Gasteiger partial charge in [0.2, 0.25) is 5.91 Å². The number of likely N-dealkylation sites (N-methyl/N-ethyl adjacent to an activating group) is 1. The van der Waals surface area contributed by atoms with E-state index in [1.54, 1.807) is 24.3 Å².